The van der Waals surface area contributed by atoms with Crippen molar-refractivity contribution in [1.82, 2.24) is 4.90 Å². The summed E-state index contributed by atoms with van der Waals surface area (Å²) in [7, 11) is 0. The van der Waals surface area contributed by atoms with Gasteiger partial charge in [0.15, 0.2) is 6.10 Å². The average Bonchev–Trinajstić information content (AvgIpc) is 3.47. The summed E-state index contributed by atoms with van der Waals surface area (Å²) in [5.41, 5.74) is 1.36. The zero-order valence-electron chi connectivity index (χ0n) is 15.1. The number of nitrogens with one attached hydrogen (secondary N) is 1. The van der Waals surface area contributed by atoms with Crippen molar-refractivity contribution in [3.8, 4) is 5.75 Å². The molecule has 1 heterocycles. The van der Waals surface area contributed by atoms with Crippen LogP contribution >= 0.6 is 0 Å². The molecule has 4 rings (SSSR count). The van der Waals surface area contributed by atoms with Crippen LogP contribution in [-0.4, -0.2) is 29.4 Å². The quantitative estimate of drug-likeness (QED) is 0.897. The number of carbonyl (C=O) groups is 2. The van der Waals surface area contributed by atoms with Gasteiger partial charge < -0.3 is 15.0 Å². The predicted octanol–water partition coefficient (Wildman–Crippen LogP) is 3.60. The molecule has 1 fully saturated rings. The Kier molecular flexibility index (Phi) is 4.56. The molecule has 2 aromatic rings. The van der Waals surface area contributed by atoms with E-state index in [4.69, 9.17) is 4.74 Å². The van der Waals surface area contributed by atoms with Gasteiger partial charge in [-0.1, -0.05) is 12.1 Å². The van der Waals surface area contributed by atoms with Gasteiger partial charge in [0.2, 0.25) is 0 Å². The van der Waals surface area contributed by atoms with Gasteiger partial charge in [-0.3, -0.25) is 9.59 Å². The predicted molar refractivity (Wildman–Crippen MR) is 99.0 cm³/mol. The molecule has 1 aliphatic heterocycles. The molecular formula is C21H21FN2O3. The number of ether oxygens (including phenoxy) is 1. The fourth-order valence-corrected chi connectivity index (χ4v) is 3.29. The normalized spacial score (nSPS) is 19.1. The number of halogens is 1. The van der Waals surface area contributed by atoms with Crippen molar-refractivity contribution >= 4 is 17.5 Å². The SMILES string of the molecule is C[C@@H]1Oc2ccc(NC(=O)c3ccccc3F)cc2CN(CC2CC2)C1=O. The Bertz CT molecular complexity index is 895. The summed E-state index contributed by atoms with van der Waals surface area (Å²) in [6.45, 7) is 2.93. The summed E-state index contributed by atoms with van der Waals surface area (Å²) >= 11 is 0. The lowest BCUT2D eigenvalue weighted by Gasteiger charge is -2.22. The number of hydrogen-bond acceptors (Lipinski definition) is 3. The average molecular weight is 368 g/mol. The Labute approximate surface area is 157 Å². The van der Waals surface area contributed by atoms with Gasteiger partial charge in [0, 0.05) is 24.3 Å². The van der Waals surface area contributed by atoms with E-state index >= 15 is 0 Å². The van der Waals surface area contributed by atoms with Crippen LogP contribution in [0.4, 0.5) is 10.1 Å². The van der Waals surface area contributed by atoms with Crippen molar-refractivity contribution in [3.63, 3.8) is 0 Å². The maximum absolute atomic E-state index is 13.8. The van der Waals surface area contributed by atoms with Gasteiger partial charge >= 0.3 is 0 Å². The molecule has 1 aliphatic carbocycles. The Morgan fingerprint density at radius 3 is 2.78 bits per heavy atom. The van der Waals surface area contributed by atoms with Crippen molar-refractivity contribution in [2.75, 3.05) is 11.9 Å². The first kappa shape index (κ1) is 17.5. The molecule has 5 nitrogen and oxygen atoms in total. The molecule has 0 unspecified atom stereocenters. The van der Waals surface area contributed by atoms with Crippen LogP contribution in [0, 0.1) is 11.7 Å². The highest BCUT2D eigenvalue weighted by Gasteiger charge is 2.32. The van der Waals surface area contributed by atoms with Crippen LogP contribution in [0.2, 0.25) is 0 Å². The lowest BCUT2D eigenvalue weighted by atomic mass is 10.1. The van der Waals surface area contributed by atoms with Crippen molar-refractivity contribution in [2.45, 2.75) is 32.4 Å². The number of fused-ring (bicyclic) bond motifs is 1. The van der Waals surface area contributed by atoms with Crippen LogP contribution in [-0.2, 0) is 11.3 Å². The molecule has 1 saturated carbocycles. The fraction of sp³-hybridized carbons (Fsp3) is 0.333. The third-order valence-electron chi connectivity index (χ3n) is 4.94. The molecule has 27 heavy (non-hydrogen) atoms. The second-order valence-corrected chi connectivity index (χ2v) is 7.18. The minimum absolute atomic E-state index is 0.0112. The second-order valence-electron chi connectivity index (χ2n) is 7.18. The number of benzene rings is 2. The van der Waals surface area contributed by atoms with Crippen LogP contribution in [0.15, 0.2) is 42.5 Å². The molecule has 0 saturated heterocycles. The highest BCUT2D eigenvalue weighted by molar-refractivity contribution is 6.04. The van der Waals surface area contributed by atoms with E-state index in [0.717, 1.165) is 24.9 Å². The summed E-state index contributed by atoms with van der Waals surface area (Å²) in [4.78, 5) is 26.7. The van der Waals surface area contributed by atoms with Crippen LogP contribution in [0.3, 0.4) is 0 Å². The lowest BCUT2D eigenvalue weighted by Crippen LogP contribution is -2.39. The van der Waals surface area contributed by atoms with E-state index in [1.807, 2.05) is 4.90 Å². The smallest absolute Gasteiger partial charge is 0.263 e. The summed E-state index contributed by atoms with van der Waals surface area (Å²) < 4.78 is 19.6. The van der Waals surface area contributed by atoms with E-state index in [-0.39, 0.29) is 11.5 Å². The number of nitrogens with zero attached hydrogens (tertiary/aromatic N) is 1. The van der Waals surface area contributed by atoms with Gasteiger partial charge in [-0.05, 0) is 56.0 Å². The summed E-state index contributed by atoms with van der Waals surface area (Å²) in [6, 6.07) is 11.1. The van der Waals surface area contributed by atoms with Gasteiger partial charge in [0.25, 0.3) is 11.8 Å². The van der Waals surface area contributed by atoms with Crippen molar-refractivity contribution in [1.29, 1.82) is 0 Å². The molecule has 2 amide bonds. The third kappa shape index (κ3) is 3.79. The monoisotopic (exact) mass is 368 g/mol. The first-order chi connectivity index (χ1) is 13.0. The van der Waals surface area contributed by atoms with E-state index in [2.05, 4.69) is 5.32 Å². The van der Waals surface area contributed by atoms with E-state index in [0.29, 0.717) is 23.9 Å². The number of anilines is 1. The first-order valence-electron chi connectivity index (χ1n) is 9.15. The van der Waals surface area contributed by atoms with Gasteiger partial charge in [-0.15, -0.1) is 0 Å². The highest BCUT2D eigenvalue weighted by Crippen LogP contribution is 2.33. The Morgan fingerprint density at radius 2 is 2.04 bits per heavy atom. The van der Waals surface area contributed by atoms with Gasteiger partial charge in [0.1, 0.15) is 11.6 Å². The van der Waals surface area contributed by atoms with Crippen molar-refractivity contribution in [2.24, 2.45) is 5.92 Å². The van der Waals surface area contributed by atoms with E-state index in [9.17, 15) is 14.0 Å². The van der Waals surface area contributed by atoms with E-state index in [1.54, 1.807) is 37.3 Å². The molecule has 1 atom stereocenters. The third-order valence-corrected chi connectivity index (χ3v) is 4.94. The number of hydrogen-bond donors (Lipinski definition) is 1. The number of amides is 2. The Balaban J connectivity index is 1.56. The van der Waals surface area contributed by atoms with Crippen LogP contribution < -0.4 is 10.1 Å². The Hall–Kier alpha value is -2.89. The summed E-state index contributed by atoms with van der Waals surface area (Å²) in [5, 5.41) is 2.72. The topological polar surface area (TPSA) is 58.6 Å². The molecule has 0 aromatic heterocycles. The lowest BCUT2D eigenvalue weighted by molar-refractivity contribution is -0.137. The molecular weight excluding hydrogens is 347 g/mol. The van der Waals surface area contributed by atoms with Crippen LogP contribution in [0.25, 0.3) is 0 Å². The number of carbonyl (C=O) groups excluding carboxylic acids is 2. The maximum Gasteiger partial charge on any atom is 0.263 e. The highest BCUT2D eigenvalue weighted by atomic mass is 19.1. The van der Waals surface area contributed by atoms with E-state index in [1.165, 1.54) is 12.1 Å². The van der Waals surface area contributed by atoms with E-state index < -0.39 is 17.8 Å². The van der Waals surface area contributed by atoms with Gasteiger partial charge in [0.05, 0.1) is 5.56 Å². The fourth-order valence-electron chi connectivity index (χ4n) is 3.29. The standard InChI is InChI=1S/C21H21FN2O3/c1-13-21(26)24(11-14-6-7-14)12-15-10-16(8-9-19(15)27-13)23-20(25)17-4-2-3-5-18(17)22/h2-5,8-10,13-14H,6-7,11-12H2,1H3,(H,23,25)/t13-/m0/s1. The molecule has 1 N–H and O–H groups in total. The minimum Gasteiger partial charge on any atom is -0.481 e. The zero-order valence-corrected chi connectivity index (χ0v) is 15.1. The largest absolute Gasteiger partial charge is 0.481 e. The molecule has 140 valence electrons. The van der Waals surface area contributed by atoms with Crippen LogP contribution in [0.5, 0.6) is 5.75 Å². The molecule has 0 spiro atoms. The zero-order chi connectivity index (χ0) is 19.0. The van der Waals surface area contributed by atoms with Crippen LogP contribution in [0.1, 0.15) is 35.7 Å². The summed E-state index contributed by atoms with van der Waals surface area (Å²) in [6.07, 6.45) is 1.78. The second kappa shape index (κ2) is 7.02. The molecule has 2 aromatic carbocycles. The molecule has 0 bridgehead atoms. The van der Waals surface area contributed by atoms with Crippen molar-refractivity contribution in [3.05, 3.63) is 59.4 Å². The minimum atomic E-state index is -0.567. The number of rotatable bonds is 4. The Morgan fingerprint density at radius 1 is 1.26 bits per heavy atom. The van der Waals surface area contributed by atoms with Crippen molar-refractivity contribution < 1.29 is 18.7 Å². The first-order valence-corrected chi connectivity index (χ1v) is 9.15. The van der Waals surface area contributed by atoms with Gasteiger partial charge in [-0.2, -0.15) is 0 Å². The maximum atomic E-state index is 13.8. The summed E-state index contributed by atoms with van der Waals surface area (Å²) in [5.74, 6) is 0.115. The molecule has 2 aliphatic rings. The molecule has 0 radical (unpaired) electrons. The molecule has 6 heteroatoms. The van der Waals surface area contributed by atoms with Gasteiger partial charge in [-0.25, -0.2) is 4.39 Å².